The van der Waals surface area contributed by atoms with Gasteiger partial charge in [-0.1, -0.05) is 89.2 Å². The third kappa shape index (κ3) is 13.8. The van der Waals surface area contributed by atoms with Crippen LogP contribution in [0, 0.1) is 23.2 Å². The first-order chi connectivity index (χ1) is 26.9. The highest BCUT2D eigenvalue weighted by Gasteiger charge is 2.43. The molecule has 1 fully saturated rings. The van der Waals surface area contributed by atoms with E-state index in [2.05, 4.69) is 79.1 Å². The van der Waals surface area contributed by atoms with Crippen molar-refractivity contribution in [3.05, 3.63) is 90.3 Å². The topological polar surface area (TPSA) is 122 Å². The van der Waals surface area contributed by atoms with Crippen LogP contribution in [0.5, 0.6) is 0 Å². The fourth-order valence-electron chi connectivity index (χ4n) is 7.80. The lowest BCUT2D eigenvalue weighted by Gasteiger charge is -2.43. The minimum Gasteiger partial charge on any atom is -0.444 e. The summed E-state index contributed by atoms with van der Waals surface area (Å²) in [6.07, 6.45) is 5.16. The predicted molar refractivity (Wildman–Crippen MR) is 232 cm³/mol. The second-order valence-corrected chi connectivity index (χ2v) is 20.7. The molecule has 10 nitrogen and oxygen atoms in total. The number of carbonyl (C=O) groups excluding carboxylic acids is 3. The summed E-state index contributed by atoms with van der Waals surface area (Å²) < 4.78 is 12.7. The summed E-state index contributed by atoms with van der Waals surface area (Å²) in [6, 6.07) is 21.5. The summed E-state index contributed by atoms with van der Waals surface area (Å²) in [4.78, 5) is 48.8. The Morgan fingerprint density at radius 1 is 0.860 bits per heavy atom. The van der Waals surface area contributed by atoms with Gasteiger partial charge in [0.1, 0.15) is 11.6 Å². The summed E-state index contributed by atoms with van der Waals surface area (Å²) in [7, 11) is 0.297. The normalized spacial score (nSPS) is 16.8. The van der Waals surface area contributed by atoms with Crippen LogP contribution in [0.3, 0.4) is 0 Å². The fourth-order valence-corrected chi connectivity index (χ4v) is 8.71. The SMILES string of the molecule is CNC1CCN(C(=O)[C@@H](NC(=O)[C@@H](Cc2ccc(-c3ccncc3)cc2)C[C@H]([C@H](NC(=O)OC(C)(C)C)C(O[SiH](C)C)c2ccccc2)C(C)(C)C)C(C)C)CC1. The molecule has 0 bridgehead atoms. The summed E-state index contributed by atoms with van der Waals surface area (Å²) in [6.45, 7) is 21.6. The molecule has 1 aliphatic heterocycles. The highest BCUT2D eigenvalue weighted by Crippen LogP contribution is 2.41. The summed E-state index contributed by atoms with van der Waals surface area (Å²) in [5, 5.41) is 9.89. The number of ether oxygens (including phenoxy) is 1. The van der Waals surface area contributed by atoms with Gasteiger partial charge in [0.25, 0.3) is 0 Å². The molecule has 3 aromatic rings. The molecule has 3 N–H and O–H groups in total. The Bertz CT molecular complexity index is 1700. The first kappa shape index (κ1) is 45.6. The number of nitrogens with one attached hydrogen (secondary N) is 3. The summed E-state index contributed by atoms with van der Waals surface area (Å²) in [5.41, 5.74) is 2.96. The van der Waals surface area contributed by atoms with Crippen molar-refractivity contribution >= 4 is 26.9 Å². The minimum absolute atomic E-state index is 0.0374. The third-order valence-corrected chi connectivity index (χ3v) is 11.7. The van der Waals surface area contributed by atoms with Crippen LogP contribution in [-0.2, 0) is 25.2 Å². The van der Waals surface area contributed by atoms with Crippen LogP contribution in [0.25, 0.3) is 11.1 Å². The average molecular weight is 800 g/mol. The number of pyridine rings is 1. The van der Waals surface area contributed by atoms with Crippen molar-refractivity contribution in [2.24, 2.45) is 23.2 Å². The molecule has 1 unspecified atom stereocenters. The Hall–Kier alpha value is -4.06. The second kappa shape index (κ2) is 20.6. The molecular formula is C46H69N5O5Si. The van der Waals surface area contributed by atoms with E-state index in [-0.39, 0.29) is 23.7 Å². The number of benzene rings is 2. The number of rotatable bonds is 16. The van der Waals surface area contributed by atoms with Gasteiger partial charge in [-0.25, -0.2) is 4.79 Å². The van der Waals surface area contributed by atoms with Crippen molar-refractivity contribution in [1.82, 2.24) is 25.8 Å². The smallest absolute Gasteiger partial charge is 0.407 e. The van der Waals surface area contributed by atoms with Crippen LogP contribution in [0.4, 0.5) is 4.79 Å². The Morgan fingerprint density at radius 3 is 1.98 bits per heavy atom. The molecule has 0 aliphatic carbocycles. The Kier molecular flexibility index (Phi) is 16.5. The lowest BCUT2D eigenvalue weighted by atomic mass is 9.69. The van der Waals surface area contributed by atoms with Crippen LogP contribution in [-0.4, -0.2) is 80.7 Å². The van der Waals surface area contributed by atoms with Crippen LogP contribution < -0.4 is 16.0 Å². The van der Waals surface area contributed by atoms with E-state index in [1.54, 1.807) is 12.4 Å². The molecule has 2 heterocycles. The van der Waals surface area contributed by atoms with E-state index in [0.29, 0.717) is 32.0 Å². The molecule has 0 spiro atoms. The molecule has 1 aromatic heterocycles. The van der Waals surface area contributed by atoms with Gasteiger partial charge in [0.15, 0.2) is 9.04 Å². The van der Waals surface area contributed by atoms with E-state index in [9.17, 15) is 14.4 Å². The molecule has 312 valence electrons. The number of likely N-dealkylation sites (tertiary alicyclic amines) is 1. The molecule has 5 atom stereocenters. The van der Waals surface area contributed by atoms with E-state index in [1.165, 1.54) is 0 Å². The van der Waals surface area contributed by atoms with E-state index in [0.717, 1.165) is 35.1 Å². The Balaban J connectivity index is 1.77. The standard InChI is InChI=1S/C46H69N5O5Si/c1-31(2)39(43(53)51-27-23-37(47-9)24-28-51)49-42(52)36(29-32-17-19-33(20-18-32)34-21-25-48-26-22-34)30-38(45(3,4)5)40(50-44(54)55-46(6,7)8)41(56-57(10)11)35-15-13-12-14-16-35/h12-22,25-26,31,36-41,47,57H,23-24,27-30H2,1-11H3,(H,49,52)(H,50,54)/t36-,38+,39-,40-,41?/m0/s1. The molecule has 57 heavy (non-hydrogen) atoms. The van der Waals surface area contributed by atoms with Gasteiger partial charge in [-0.3, -0.25) is 14.6 Å². The highest BCUT2D eigenvalue weighted by molar-refractivity contribution is 6.48. The van der Waals surface area contributed by atoms with Crippen LogP contribution in [0.2, 0.25) is 13.1 Å². The molecule has 3 amide bonds. The summed E-state index contributed by atoms with van der Waals surface area (Å²) >= 11 is 0. The average Bonchev–Trinajstić information content (AvgIpc) is 3.16. The number of piperidine rings is 1. The number of aromatic nitrogens is 1. The quantitative estimate of drug-likeness (QED) is 0.126. The number of alkyl carbamates (subject to hydrolysis) is 1. The van der Waals surface area contributed by atoms with Crippen molar-refractivity contribution in [2.75, 3.05) is 20.1 Å². The number of carbonyl (C=O) groups is 3. The lowest BCUT2D eigenvalue weighted by molar-refractivity contribution is -0.140. The van der Waals surface area contributed by atoms with E-state index in [1.807, 2.05) is 89.0 Å². The number of hydrogen-bond donors (Lipinski definition) is 3. The van der Waals surface area contributed by atoms with Crippen molar-refractivity contribution in [1.29, 1.82) is 0 Å². The van der Waals surface area contributed by atoms with E-state index >= 15 is 0 Å². The van der Waals surface area contributed by atoms with Gasteiger partial charge in [0.05, 0.1) is 12.1 Å². The maximum absolute atomic E-state index is 14.9. The molecule has 0 saturated carbocycles. The number of nitrogens with zero attached hydrogens (tertiary/aromatic N) is 2. The van der Waals surface area contributed by atoms with Crippen LogP contribution in [0.15, 0.2) is 79.1 Å². The summed E-state index contributed by atoms with van der Waals surface area (Å²) in [5.74, 6) is -1.13. The first-order valence-electron chi connectivity index (χ1n) is 20.8. The van der Waals surface area contributed by atoms with E-state index < -0.39 is 50.3 Å². The fraction of sp³-hybridized carbons (Fsp3) is 0.565. The van der Waals surface area contributed by atoms with Crippen molar-refractivity contribution in [2.45, 2.75) is 124 Å². The molecule has 1 aliphatic rings. The lowest BCUT2D eigenvalue weighted by Crippen LogP contribution is -2.56. The van der Waals surface area contributed by atoms with Crippen LogP contribution >= 0.6 is 0 Å². The minimum atomic E-state index is -1.66. The van der Waals surface area contributed by atoms with Crippen molar-refractivity contribution in [3.8, 4) is 11.1 Å². The molecule has 1 saturated heterocycles. The zero-order chi connectivity index (χ0) is 41.9. The van der Waals surface area contributed by atoms with Gasteiger partial charge >= 0.3 is 6.09 Å². The zero-order valence-corrected chi connectivity index (χ0v) is 37.5. The van der Waals surface area contributed by atoms with Gasteiger partial charge in [0.2, 0.25) is 11.8 Å². The third-order valence-electron chi connectivity index (χ3n) is 10.9. The molecular weight excluding hydrogens is 731 g/mol. The molecule has 2 aromatic carbocycles. The van der Waals surface area contributed by atoms with Gasteiger partial charge in [-0.2, -0.15) is 0 Å². The van der Waals surface area contributed by atoms with Gasteiger partial charge in [-0.05, 0) is 118 Å². The van der Waals surface area contributed by atoms with E-state index in [4.69, 9.17) is 9.16 Å². The second-order valence-electron chi connectivity index (χ2n) is 18.3. The number of amides is 3. The Morgan fingerprint density at radius 2 is 1.46 bits per heavy atom. The highest BCUT2D eigenvalue weighted by atomic mass is 28.3. The number of hydrogen-bond acceptors (Lipinski definition) is 7. The van der Waals surface area contributed by atoms with Gasteiger partial charge < -0.3 is 30.0 Å². The van der Waals surface area contributed by atoms with Crippen molar-refractivity contribution < 1.29 is 23.5 Å². The molecule has 0 radical (unpaired) electrons. The first-order valence-corrected chi connectivity index (χ1v) is 23.6. The largest absolute Gasteiger partial charge is 0.444 e. The maximum Gasteiger partial charge on any atom is 0.407 e. The predicted octanol–water partition coefficient (Wildman–Crippen LogP) is 7.95. The molecule has 4 rings (SSSR count). The van der Waals surface area contributed by atoms with Crippen LogP contribution in [0.1, 0.15) is 91.9 Å². The van der Waals surface area contributed by atoms with Gasteiger partial charge in [-0.15, -0.1) is 0 Å². The van der Waals surface area contributed by atoms with Crippen molar-refractivity contribution in [3.63, 3.8) is 0 Å². The maximum atomic E-state index is 14.9. The monoisotopic (exact) mass is 800 g/mol. The van der Waals surface area contributed by atoms with Gasteiger partial charge in [0, 0.05) is 37.4 Å². The molecule has 11 heteroatoms. The zero-order valence-electron chi connectivity index (χ0n) is 36.3. The Labute approximate surface area is 344 Å².